The number of nitrogens with zero attached hydrogens (tertiary/aromatic N) is 2. The van der Waals surface area contributed by atoms with Crippen LogP contribution in [0.25, 0.3) is 5.69 Å². The van der Waals surface area contributed by atoms with Crippen LogP contribution in [-0.2, 0) is 24.4 Å². The van der Waals surface area contributed by atoms with Crippen LogP contribution in [0.15, 0.2) is 12.1 Å². The quantitative estimate of drug-likeness (QED) is 0.809. The monoisotopic (exact) mass is 339 g/mol. The van der Waals surface area contributed by atoms with Gasteiger partial charge in [0.2, 0.25) is 0 Å². The van der Waals surface area contributed by atoms with Crippen molar-refractivity contribution in [2.24, 2.45) is 5.41 Å². The zero-order chi connectivity index (χ0) is 17.9. The summed E-state index contributed by atoms with van der Waals surface area (Å²) in [6.07, 6.45) is 1.20. The molecule has 6 heteroatoms. The first kappa shape index (κ1) is 15.9. The van der Waals surface area contributed by atoms with Gasteiger partial charge in [-0.3, -0.25) is 4.79 Å². The lowest BCUT2D eigenvalue weighted by Gasteiger charge is -2.30. The molecule has 2 aliphatic rings. The van der Waals surface area contributed by atoms with E-state index in [9.17, 15) is 9.18 Å². The predicted molar refractivity (Wildman–Crippen MR) is 89.8 cm³/mol. The van der Waals surface area contributed by atoms with E-state index in [1.54, 1.807) is 12.1 Å². The van der Waals surface area contributed by atoms with Gasteiger partial charge in [-0.15, -0.1) is 0 Å². The molecule has 0 saturated carbocycles. The van der Waals surface area contributed by atoms with Crippen molar-refractivity contribution in [3.8, 4) is 11.8 Å². The van der Waals surface area contributed by atoms with Gasteiger partial charge in [0.1, 0.15) is 17.4 Å². The number of nitriles is 1. The molecule has 0 radical (unpaired) electrons. The van der Waals surface area contributed by atoms with Gasteiger partial charge in [-0.2, -0.15) is 5.26 Å². The molecule has 128 valence electrons. The maximum atomic E-state index is 14.3. The topological polar surface area (TPSA) is 81.0 Å². The number of ether oxygens (including phenoxy) is 1. The van der Waals surface area contributed by atoms with Crippen LogP contribution < -0.4 is 5.73 Å². The fourth-order valence-corrected chi connectivity index (χ4v) is 3.99. The van der Waals surface area contributed by atoms with Crippen LogP contribution in [0.3, 0.4) is 0 Å². The van der Waals surface area contributed by atoms with E-state index >= 15 is 0 Å². The number of ketones is 1. The standard InChI is InChI=1S/C19H18FN3O2/c1-19(2)5-15-18(17(24)6-19)12-8-25-9-16(12)23(15)10-3-13(20)11(7-21)14(22)4-10/h3-4H,5-6,8-9,22H2,1-2H3. The average molecular weight is 339 g/mol. The summed E-state index contributed by atoms with van der Waals surface area (Å²) in [5.74, 6) is -0.553. The molecule has 25 heavy (non-hydrogen) atoms. The summed E-state index contributed by atoms with van der Waals surface area (Å²) in [5, 5.41) is 9.03. The Hall–Kier alpha value is -2.65. The molecule has 1 aliphatic heterocycles. The summed E-state index contributed by atoms with van der Waals surface area (Å²) in [7, 11) is 0. The van der Waals surface area contributed by atoms with Crippen molar-refractivity contribution in [3.63, 3.8) is 0 Å². The maximum absolute atomic E-state index is 14.3. The van der Waals surface area contributed by atoms with Crippen LogP contribution in [0.4, 0.5) is 10.1 Å². The molecule has 4 rings (SSSR count). The molecule has 5 nitrogen and oxygen atoms in total. The fraction of sp³-hybridized carbons (Fsp3) is 0.368. The van der Waals surface area contributed by atoms with Gasteiger partial charge >= 0.3 is 0 Å². The first-order valence-corrected chi connectivity index (χ1v) is 8.18. The molecule has 0 spiro atoms. The Morgan fingerprint density at radius 1 is 1.28 bits per heavy atom. The van der Waals surface area contributed by atoms with E-state index < -0.39 is 5.82 Å². The Labute approximate surface area is 144 Å². The van der Waals surface area contributed by atoms with E-state index in [2.05, 4.69) is 13.8 Å². The Morgan fingerprint density at radius 3 is 2.72 bits per heavy atom. The molecule has 2 heterocycles. The molecule has 0 bridgehead atoms. The summed E-state index contributed by atoms with van der Waals surface area (Å²) in [6, 6.07) is 4.68. The van der Waals surface area contributed by atoms with E-state index in [1.807, 2.05) is 4.57 Å². The van der Waals surface area contributed by atoms with Crippen LogP contribution in [0.2, 0.25) is 0 Å². The average Bonchev–Trinajstić information content (AvgIpc) is 3.04. The molecule has 1 aliphatic carbocycles. The van der Waals surface area contributed by atoms with Gasteiger partial charge in [-0.1, -0.05) is 13.8 Å². The van der Waals surface area contributed by atoms with Gasteiger partial charge < -0.3 is 15.0 Å². The fourth-order valence-electron chi connectivity index (χ4n) is 3.99. The van der Waals surface area contributed by atoms with Gasteiger partial charge in [0, 0.05) is 23.2 Å². The van der Waals surface area contributed by atoms with Gasteiger partial charge in [-0.05, 0) is 24.0 Å². The van der Waals surface area contributed by atoms with E-state index in [0.29, 0.717) is 31.7 Å². The molecule has 0 fully saturated rings. The van der Waals surface area contributed by atoms with Gasteiger partial charge in [-0.25, -0.2) is 4.39 Å². The lowest BCUT2D eigenvalue weighted by molar-refractivity contribution is 0.0900. The van der Waals surface area contributed by atoms with Gasteiger partial charge in [0.15, 0.2) is 5.78 Å². The Morgan fingerprint density at radius 2 is 2.04 bits per heavy atom. The summed E-state index contributed by atoms with van der Waals surface area (Å²) < 4.78 is 21.7. The van der Waals surface area contributed by atoms with Crippen LogP contribution in [0.5, 0.6) is 0 Å². The number of fused-ring (bicyclic) bond motifs is 3. The van der Waals surface area contributed by atoms with Gasteiger partial charge in [0.25, 0.3) is 0 Å². The molecule has 2 aromatic rings. The minimum Gasteiger partial charge on any atom is -0.398 e. The number of carbonyl (C=O) groups excluding carboxylic acids is 1. The molecule has 0 atom stereocenters. The molecule has 0 saturated heterocycles. The Kier molecular flexibility index (Phi) is 3.28. The van der Waals surface area contributed by atoms with E-state index in [0.717, 1.165) is 22.5 Å². The molecule has 2 N–H and O–H groups in total. The third-order valence-corrected chi connectivity index (χ3v) is 5.00. The number of anilines is 1. The number of aromatic nitrogens is 1. The smallest absolute Gasteiger partial charge is 0.165 e. The third-order valence-electron chi connectivity index (χ3n) is 5.00. The molecule has 1 aromatic carbocycles. The van der Waals surface area contributed by atoms with Crippen LogP contribution in [0, 0.1) is 22.6 Å². The van der Waals surface area contributed by atoms with E-state index in [4.69, 9.17) is 15.7 Å². The highest BCUT2D eigenvalue weighted by molar-refractivity contribution is 6.01. The van der Waals surface area contributed by atoms with Crippen LogP contribution >= 0.6 is 0 Å². The molecule has 0 amide bonds. The van der Waals surface area contributed by atoms with Crippen molar-refractivity contribution in [2.75, 3.05) is 5.73 Å². The number of hydrogen-bond acceptors (Lipinski definition) is 4. The highest BCUT2D eigenvalue weighted by Gasteiger charge is 2.39. The van der Waals surface area contributed by atoms with Crippen LogP contribution in [-0.4, -0.2) is 10.4 Å². The predicted octanol–water partition coefficient (Wildman–Crippen LogP) is 3.26. The number of nitrogens with two attached hydrogens (primary N) is 1. The maximum Gasteiger partial charge on any atom is 0.165 e. The van der Waals surface area contributed by atoms with E-state index in [-0.39, 0.29) is 22.4 Å². The van der Waals surface area contributed by atoms with E-state index in [1.165, 1.54) is 6.07 Å². The Bertz CT molecular complexity index is 943. The number of carbonyl (C=O) groups is 1. The lowest BCUT2D eigenvalue weighted by atomic mass is 9.75. The zero-order valence-electron chi connectivity index (χ0n) is 14.1. The molecular weight excluding hydrogens is 321 g/mol. The SMILES string of the molecule is CC1(C)CC(=O)c2c3c(n(-c4cc(N)c(C#N)c(F)c4)c2C1)COC3. The highest BCUT2D eigenvalue weighted by atomic mass is 19.1. The second-order valence-corrected chi connectivity index (χ2v) is 7.52. The van der Waals surface area contributed by atoms with Crippen LogP contribution in [0.1, 0.15) is 53.1 Å². The lowest BCUT2D eigenvalue weighted by Crippen LogP contribution is -2.28. The molecule has 1 aromatic heterocycles. The third kappa shape index (κ3) is 2.27. The van der Waals surface area contributed by atoms with Crippen molar-refractivity contribution in [2.45, 2.75) is 39.9 Å². The van der Waals surface area contributed by atoms with Crippen molar-refractivity contribution >= 4 is 11.5 Å². The summed E-state index contributed by atoms with van der Waals surface area (Å²) in [6.45, 7) is 4.88. The normalized spacial score (nSPS) is 17.9. The molecule has 0 unspecified atom stereocenters. The van der Waals surface area contributed by atoms with Crippen molar-refractivity contribution in [1.82, 2.24) is 4.57 Å². The summed E-state index contributed by atoms with van der Waals surface area (Å²) in [5.41, 5.74) is 9.55. The number of Topliss-reactive ketones (excluding diaryl/α,β-unsaturated/α-hetero) is 1. The highest BCUT2D eigenvalue weighted by Crippen LogP contribution is 2.42. The second-order valence-electron chi connectivity index (χ2n) is 7.52. The second kappa shape index (κ2) is 5.17. The minimum atomic E-state index is -0.658. The first-order valence-electron chi connectivity index (χ1n) is 8.18. The summed E-state index contributed by atoms with van der Waals surface area (Å²) in [4.78, 5) is 12.7. The number of nitrogen functional groups attached to an aromatic ring is 1. The Balaban J connectivity index is 2.00. The first-order chi connectivity index (χ1) is 11.8. The number of benzene rings is 1. The number of rotatable bonds is 1. The number of halogens is 1. The number of hydrogen-bond donors (Lipinski definition) is 1. The minimum absolute atomic E-state index is 0.0917. The largest absolute Gasteiger partial charge is 0.398 e. The molecular formula is C19H18FN3O2. The van der Waals surface area contributed by atoms with Crippen molar-refractivity contribution in [3.05, 3.63) is 46.0 Å². The summed E-state index contributed by atoms with van der Waals surface area (Å²) >= 11 is 0. The van der Waals surface area contributed by atoms with Gasteiger partial charge in [0.05, 0.1) is 30.3 Å². The van der Waals surface area contributed by atoms with Crippen molar-refractivity contribution < 1.29 is 13.9 Å². The zero-order valence-corrected chi connectivity index (χ0v) is 14.1. The van der Waals surface area contributed by atoms with Crippen molar-refractivity contribution in [1.29, 1.82) is 5.26 Å².